The quantitative estimate of drug-likeness (QED) is 0.539. The maximum Gasteiger partial charge on any atom is 0.434 e. The molecule has 2 heterocycles. The number of hydrogen-bond acceptors (Lipinski definition) is 2. The van der Waals surface area contributed by atoms with E-state index in [-0.39, 0.29) is 18.9 Å². The lowest BCUT2D eigenvalue weighted by atomic mass is 9.99. The molecule has 1 amide bonds. The van der Waals surface area contributed by atoms with Gasteiger partial charge in [-0.15, -0.1) is 0 Å². The summed E-state index contributed by atoms with van der Waals surface area (Å²) in [6, 6.07) is 10.8. The van der Waals surface area contributed by atoms with E-state index in [1.807, 2.05) is 0 Å². The number of aromatic nitrogens is 2. The van der Waals surface area contributed by atoms with Gasteiger partial charge in [0.2, 0.25) is 0 Å². The maximum atomic E-state index is 14.1. The third kappa shape index (κ3) is 4.08. The van der Waals surface area contributed by atoms with E-state index in [1.54, 1.807) is 18.2 Å². The Labute approximate surface area is 174 Å². The minimum Gasteiger partial charge on any atom is -0.334 e. The number of benzene rings is 2. The number of alkyl halides is 3. The number of carbonyl (C=O) groups is 1. The second-order valence-electron chi connectivity index (χ2n) is 7.01. The van der Waals surface area contributed by atoms with Crippen molar-refractivity contribution < 1.29 is 26.7 Å². The van der Waals surface area contributed by atoms with Crippen molar-refractivity contribution in [3.8, 4) is 5.69 Å². The zero-order valence-corrected chi connectivity index (χ0v) is 16.0. The summed E-state index contributed by atoms with van der Waals surface area (Å²) >= 11 is 0. The molecule has 31 heavy (non-hydrogen) atoms. The van der Waals surface area contributed by atoms with Crippen LogP contribution in [0.2, 0.25) is 0 Å². The SMILES string of the molecule is O=C(c1cnn(-c2ccccc2F)c1C(F)(F)F)N1CC=C(c2ccc(F)cc2)CC1. The monoisotopic (exact) mass is 433 g/mol. The number of rotatable bonds is 3. The molecule has 0 radical (unpaired) electrons. The lowest BCUT2D eigenvalue weighted by molar-refractivity contribution is -0.143. The van der Waals surface area contributed by atoms with E-state index in [2.05, 4.69) is 5.10 Å². The van der Waals surface area contributed by atoms with E-state index in [0.717, 1.165) is 29.5 Å². The Bertz CT molecular complexity index is 1150. The lowest BCUT2D eigenvalue weighted by Gasteiger charge is -2.27. The van der Waals surface area contributed by atoms with E-state index < -0.39 is 34.8 Å². The van der Waals surface area contributed by atoms with E-state index in [1.165, 1.54) is 29.2 Å². The summed E-state index contributed by atoms with van der Waals surface area (Å²) in [7, 11) is 0. The predicted molar refractivity (Wildman–Crippen MR) is 103 cm³/mol. The van der Waals surface area contributed by atoms with Gasteiger partial charge in [-0.05, 0) is 41.8 Å². The second kappa shape index (κ2) is 7.98. The van der Waals surface area contributed by atoms with Crippen LogP contribution >= 0.6 is 0 Å². The molecule has 0 N–H and O–H groups in total. The number of hydrogen-bond donors (Lipinski definition) is 0. The van der Waals surface area contributed by atoms with Crippen LogP contribution in [0.5, 0.6) is 0 Å². The highest BCUT2D eigenvalue weighted by molar-refractivity contribution is 5.96. The fourth-order valence-electron chi connectivity index (χ4n) is 3.53. The summed E-state index contributed by atoms with van der Waals surface area (Å²) in [4.78, 5) is 14.2. The molecule has 1 aliphatic heterocycles. The first-order valence-corrected chi connectivity index (χ1v) is 9.40. The fourth-order valence-corrected chi connectivity index (χ4v) is 3.53. The third-order valence-electron chi connectivity index (χ3n) is 5.06. The average Bonchev–Trinajstić information content (AvgIpc) is 3.20. The average molecular weight is 433 g/mol. The van der Waals surface area contributed by atoms with Crippen molar-refractivity contribution in [2.45, 2.75) is 12.6 Å². The van der Waals surface area contributed by atoms with E-state index in [4.69, 9.17) is 0 Å². The minimum atomic E-state index is -4.92. The third-order valence-corrected chi connectivity index (χ3v) is 5.06. The van der Waals surface area contributed by atoms with Crippen molar-refractivity contribution in [1.29, 1.82) is 0 Å². The summed E-state index contributed by atoms with van der Waals surface area (Å²) in [5.74, 6) is -2.10. The molecule has 0 fully saturated rings. The van der Waals surface area contributed by atoms with Crippen LogP contribution in [0.3, 0.4) is 0 Å². The molecule has 0 saturated carbocycles. The number of amides is 1. The molecule has 1 aliphatic rings. The van der Waals surface area contributed by atoms with Gasteiger partial charge in [-0.25, -0.2) is 13.5 Å². The molecule has 3 aromatic rings. The van der Waals surface area contributed by atoms with Crippen LogP contribution in [-0.4, -0.2) is 33.7 Å². The molecule has 0 spiro atoms. The Morgan fingerprint density at radius 3 is 2.32 bits per heavy atom. The van der Waals surface area contributed by atoms with Crippen molar-refractivity contribution in [2.75, 3.05) is 13.1 Å². The fraction of sp³-hybridized carbons (Fsp3) is 0.182. The van der Waals surface area contributed by atoms with Crippen LogP contribution in [0.4, 0.5) is 22.0 Å². The van der Waals surface area contributed by atoms with Gasteiger partial charge >= 0.3 is 6.18 Å². The predicted octanol–water partition coefficient (Wildman–Crippen LogP) is 5.10. The Kier molecular flexibility index (Phi) is 5.34. The van der Waals surface area contributed by atoms with E-state index in [0.29, 0.717) is 11.1 Å². The summed E-state index contributed by atoms with van der Waals surface area (Å²) in [6.07, 6.45) is -1.98. The molecule has 0 saturated heterocycles. The number of para-hydroxylation sites is 1. The van der Waals surface area contributed by atoms with Crippen LogP contribution in [-0.2, 0) is 6.18 Å². The molecule has 0 unspecified atom stereocenters. The van der Waals surface area contributed by atoms with Crippen LogP contribution in [0.1, 0.15) is 28.0 Å². The van der Waals surface area contributed by atoms with Crippen LogP contribution in [0.15, 0.2) is 60.8 Å². The highest BCUT2D eigenvalue weighted by Gasteiger charge is 2.42. The van der Waals surface area contributed by atoms with Crippen LogP contribution < -0.4 is 0 Å². The molecular formula is C22H16F5N3O. The highest BCUT2D eigenvalue weighted by atomic mass is 19.4. The van der Waals surface area contributed by atoms with Gasteiger partial charge in [0.05, 0.1) is 11.8 Å². The van der Waals surface area contributed by atoms with Crippen LogP contribution in [0, 0.1) is 11.6 Å². The van der Waals surface area contributed by atoms with Crippen molar-refractivity contribution in [3.05, 3.63) is 89.3 Å². The molecule has 4 nitrogen and oxygen atoms in total. The minimum absolute atomic E-state index is 0.0910. The van der Waals surface area contributed by atoms with Gasteiger partial charge in [0.25, 0.3) is 5.91 Å². The standard InChI is InChI=1S/C22H16F5N3O/c23-16-7-5-14(6-8-16)15-9-11-29(12-10-15)21(31)17-13-28-30(20(17)22(25,26)27)19-4-2-1-3-18(19)24/h1-9,13H,10-12H2. The molecule has 4 rings (SSSR count). The van der Waals surface area contributed by atoms with Gasteiger partial charge < -0.3 is 4.90 Å². The normalized spacial score (nSPS) is 14.5. The van der Waals surface area contributed by atoms with Gasteiger partial charge in [0.15, 0.2) is 5.69 Å². The molecule has 0 bridgehead atoms. The maximum absolute atomic E-state index is 14.1. The van der Waals surface area contributed by atoms with Crippen molar-refractivity contribution in [2.24, 2.45) is 0 Å². The molecule has 0 aliphatic carbocycles. The summed E-state index contributed by atoms with van der Waals surface area (Å²) in [5, 5.41) is 3.66. The first-order valence-electron chi connectivity index (χ1n) is 9.40. The zero-order chi connectivity index (χ0) is 22.2. The Morgan fingerprint density at radius 1 is 1.00 bits per heavy atom. The van der Waals surface area contributed by atoms with E-state index >= 15 is 0 Å². The Morgan fingerprint density at radius 2 is 1.71 bits per heavy atom. The Hall–Kier alpha value is -3.49. The molecular weight excluding hydrogens is 417 g/mol. The molecule has 2 aromatic carbocycles. The van der Waals surface area contributed by atoms with Gasteiger partial charge in [0, 0.05) is 13.1 Å². The van der Waals surface area contributed by atoms with Crippen molar-refractivity contribution in [1.82, 2.24) is 14.7 Å². The van der Waals surface area contributed by atoms with Gasteiger partial charge in [-0.1, -0.05) is 30.3 Å². The molecule has 0 atom stereocenters. The molecule has 160 valence electrons. The zero-order valence-electron chi connectivity index (χ0n) is 16.0. The topological polar surface area (TPSA) is 38.1 Å². The van der Waals surface area contributed by atoms with Crippen molar-refractivity contribution in [3.63, 3.8) is 0 Å². The number of nitrogens with zero attached hydrogens (tertiary/aromatic N) is 3. The van der Waals surface area contributed by atoms with Crippen molar-refractivity contribution >= 4 is 11.5 Å². The number of carbonyl (C=O) groups excluding carboxylic acids is 1. The number of halogens is 5. The highest BCUT2D eigenvalue weighted by Crippen LogP contribution is 2.35. The summed E-state index contributed by atoms with van der Waals surface area (Å²) < 4.78 is 69.0. The first-order chi connectivity index (χ1) is 14.8. The van der Waals surface area contributed by atoms with Gasteiger partial charge in [-0.3, -0.25) is 4.79 Å². The summed E-state index contributed by atoms with van der Waals surface area (Å²) in [5.41, 5.74) is -0.699. The van der Waals surface area contributed by atoms with Gasteiger partial charge in [-0.2, -0.15) is 18.3 Å². The molecule has 9 heteroatoms. The van der Waals surface area contributed by atoms with Gasteiger partial charge in [0.1, 0.15) is 17.3 Å². The van der Waals surface area contributed by atoms with E-state index in [9.17, 15) is 26.7 Å². The lowest BCUT2D eigenvalue weighted by Crippen LogP contribution is -2.35. The molecule has 1 aromatic heterocycles. The van der Waals surface area contributed by atoms with Crippen LogP contribution in [0.25, 0.3) is 11.3 Å². The second-order valence-corrected chi connectivity index (χ2v) is 7.01. The summed E-state index contributed by atoms with van der Waals surface area (Å²) in [6.45, 7) is 0.276. The largest absolute Gasteiger partial charge is 0.434 e. The Balaban J connectivity index is 1.64. The first kappa shape index (κ1) is 20.8. The smallest absolute Gasteiger partial charge is 0.334 e.